The van der Waals surface area contributed by atoms with E-state index in [2.05, 4.69) is 144 Å². The first-order chi connectivity index (χ1) is 20.3. The van der Waals surface area contributed by atoms with E-state index >= 15 is 0 Å². The number of rotatable bonds is 3. The van der Waals surface area contributed by atoms with E-state index < -0.39 is 0 Å². The molecule has 1 aromatic heterocycles. The van der Waals surface area contributed by atoms with Gasteiger partial charge in [-0.05, 0) is 52.2 Å². The second-order valence-corrected chi connectivity index (χ2v) is 10.3. The molecule has 0 radical (unpaired) electrons. The molecule has 1 aliphatic heterocycles. The van der Waals surface area contributed by atoms with Gasteiger partial charge in [-0.1, -0.05) is 121 Å². The summed E-state index contributed by atoms with van der Waals surface area (Å²) in [4.78, 5) is 12.7. The van der Waals surface area contributed by atoms with E-state index in [-0.39, 0.29) is 0 Å². The number of hydrogen-bond donors (Lipinski definition) is 0. The molecule has 8 rings (SSSR count). The molecule has 0 unspecified atom stereocenters. The van der Waals surface area contributed by atoms with Crippen molar-refractivity contribution in [3.8, 4) is 44.8 Å². The molecule has 0 aliphatic carbocycles. The van der Waals surface area contributed by atoms with Crippen molar-refractivity contribution in [2.24, 2.45) is 0 Å². The third kappa shape index (κ3) is 3.98. The number of hydrogen-bond acceptors (Lipinski definition) is 3. The normalized spacial score (nSPS) is 11.9. The Kier molecular flexibility index (Phi) is 5.46. The molecule has 0 N–H and O–H groups in total. The van der Waals surface area contributed by atoms with Crippen LogP contribution in [-0.4, -0.2) is 9.97 Å². The molecule has 0 saturated carbocycles. The number of para-hydroxylation sites is 2. The highest BCUT2D eigenvalue weighted by atomic mass is 15.3. The Morgan fingerprint density at radius 2 is 0.780 bits per heavy atom. The topological polar surface area (TPSA) is 29.0 Å². The molecule has 0 spiro atoms. The number of benzene rings is 6. The first kappa shape index (κ1) is 23.4. The van der Waals surface area contributed by atoms with E-state index in [1.807, 2.05) is 12.1 Å². The van der Waals surface area contributed by atoms with Gasteiger partial charge in [0.2, 0.25) is 5.95 Å². The maximum absolute atomic E-state index is 5.22. The summed E-state index contributed by atoms with van der Waals surface area (Å²) in [5.41, 5.74) is 10.7. The van der Waals surface area contributed by atoms with Crippen molar-refractivity contribution < 1.29 is 0 Å². The zero-order valence-corrected chi connectivity index (χ0v) is 22.3. The molecule has 0 atom stereocenters. The number of aromatic nitrogens is 2. The SMILES string of the molecule is c1ccc(-c2cc(-c3ccccc3)nc(N3c4ccccc4-c4cc5ccccc5cc4-c4ccccc43)n2)cc1. The van der Waals surface area contributed by atoms with Crippen LogP contribution in [0.25, 0.3) is 55.5 Å². The lowest BCUT2D eigenvalue weighted by Crippen LogP contribution is -2.15. The minimum Gasteiger partial charge on any atom is -0.278 e. The lowest BCUT2D eigenvalue weighted by atomic mass is 9.91. The predicted octanol–water partition coefficient (Wildman–Crippen LogP) is 10.1. The van der Waals surface area contributed by atoms with Crippen LogP contribution < -0.4 is 4.90 Å². The Hall–Kier alpha value is -5.54. The van der Waals surface area contributed by atoms with Crippen molar-refractivity contribution in [3.63, 3.8) is 0 Å². The first-order valence-corrected chi connectivity index (χ1v) is 13.9. The standard InChI is InChI=1S/C38H25N3/c1-3-13-26(14-4-1)34-25-35(27-15-5-2-6-16-27)40-38(39-34)41-36-21-11-9-19-30(36)32-23-28-17-7-8-18-29(28)24-33(32)31-20-10-12-22-37(31)41/h1-25H. The molecular weight excluding hydrogens is 498 g/mol. The lowest BCUT2D eigenvalue weighted by Gasteiger charge is -2.26. The van der Waals surface area contributed by atoms with E-state index in [0.29, 0.717) is 5.95 Å². The molecule has 0 amide bonds. The van der Waals surface area contributed by atoms with Gasteiger partial charge in [-0.2, -0.15) is 0 Å². The fourth-order valence-corrected chi connectivity index (χ4v) is 5.87. The summed E-state index contributed by atoms with van der Waals surface area (Å²) in [6.45, 7) is 0. The highest BCUT2D eigenvalue weighted by molar-refractivity contribution is 6.06. The summed E-state index contributed by atoms with van der Waals surface area (Å²) in [5.74, 6) is 0.641. The van der Waals surface area contributed by atoms with Crippen molar-refractivity contribution in [2.45, 2.75) is 0 Å². The zero-order valence-electron chi connectivity index (χ0n) is 22.3. The van der Waals surface area contributed by atoms with Gasteiger partial charge in [0.15, 0.2) is 0 Å². The molecule has 6 aromatic carbocycles. The summed E-state index contributed by atoms with van der Waals surface area (Å²) in [6, 6.07) is 53.2. The summed E-state index contributed by atoms with van der Waals surface area (Å²) in [7, 11) is 0. The van der Waals surface area contributed by atoms with Crippen molar-refractivity contribution in [1.29, 1.82) is 0 Å². The molecular formula is C38H25N3. The van der Waals surface area contributed by atoms with Crippen molar-refractivity contribution in [2.75, 3.05) is 4.90 Å². The van der Waals surface area contributed by atoms with Crippen LogP contribution in [0.1, 0.15) is 0 Å². The maximum Gasteiger partial charge on any atom is 0.235 e. The zero-order chi connectivity index (χ0) is 27.2. The average molecular weight is 524 g/mol. The Morgan fingerprint density at radius 3 is 1.27 bits per heavy atom. The smallest absolute Gasteiger partial charge is 0.235 e. The minimum absolute atomic E-state index is 0.641. The molecule has 0 bridgehead atoms. The van der Waals surface area contributed by atoms with Crippen molar-refractivity contribution in [1.82, 2.24) is 9.97 Å². The fraction of sp³-hybridized carbons (Fsp3) is 0. The number of nitrogens with zero attached hydrogens (tertiary/aromatic N) is 3. The third-order valence-electron chi connectivity index (χ3n) is 7.81. The van der Waals surface area contributed by atoms with Gasteiger partial charge < -0.3 is 0 Å². The predicted molar refractivity (Wildman–Crippen MR) is 170 cm³/mol. The van der Waals surface area contributed by atoms with Crippen LogP contribution >= 0.6 is 0 Å². The van der Waals surface area contributed by atoms with Gasteiger partial charge in [0, 0.05) is 22.3 Å². The first-order valence-electron chi connectivity index (χ1n) is 13.9. The van der Waals surface area contributed by atoms with Gasteiger partial charge in [-0.15, -0.1) is 0 Å². The monoisotopic (exact) mass is 523 g/mol. The molecule has 7 aromatic rings. The van der Waals surface area contributed by atoms with E-state index in [0.717, 1.165) is 45.0 Å². The van der Waals surface area contributed by atoms with Crippen molar-refractivity contribution >= 4 is 28.1 Å². The summed E-state index contributed by atoms with van der Waals surface area (Å²) >= 11 is 0. The van der Waals surface area contributed by atoms with Crippen LogP contribution in [0.2, 0.25) is 0 Å². The summed E-state index contributed by atoms with van der Waals surface area (Å²) in [5, 5.41) is 2.45. The Balaban J connectivity index is 1.45. The molecule has 2 heterocycles. The highest BCUT2D eigenvalue weighted by Gasteiger charge is 2.28. The minimum atomic E-state index is 0.641. The molecule has 3 nitrogen and oxygen atoms in total. The summed E-state index contributed by atoms with van der Waals surface area (Å²) in [6.07, 6.45) is 0. The largest absolute Gasteiger partial charge is 0.278 e. The van der Waals surface area contributed by atoms with E-state index in [4.69, 9.17) is 9.97 Å². The number of anilines is 3. The Bertz CT molecular complexity index is 1910. The van der Waals surface area contributed by atoms with Crippen LogP contribution in [-0.2, 0) is 0 Å². The van der Waals surface area contributed by atoms with E-state index in [9.17, 15) is 0 Å². The quantitative estimate of drug-likeness (QED) is 0.231. The Morgan fingerprint density at radius 1 is 0.366 bits per heavy atom. The third-order valence-corrected chi connectivity index (χ3v) is 7.81. The van der Waals surface area contributed by atoms with Crippen LogP contribution in [0, 0.1) is 0 Å². The second kappa shape index (κ2) is 9.58. The number of fused-ring (bicyclic) bond motifs is 6. The molecule has 192 valence electrons. The van der Waals surface area contributed by atoms with Crippen LogP contribution in [0.15, 0.2) is 152 Å². The highest BCUT2D eigenvalue weighted by Crippen LogP contribution is 2.51. The van der Waals surface area contributed by atoms with E-state index in [1.54, 1.807) is 0 Å². The van der Waals surface area contributed by atoms with Gasteiger partial charge in [0.05, 0.1) is 22.8 Å². The maximum atomic E-state index is 5.22. The molecule has 41 heavy (non-hydrogen) atoms. The van der Waals surface area contributed by atoms with Crippen LogP contribution in [0.3, 0.4) is 0 Å². The van der Waals surface area contributed by atoms with Crippen LogP contribution in [0.4, 0.5) is 17.3 Å². The van der Waals surface area contributed by atoms with Gasteiger partial charge in [0.1, 0.15) is 0 Å². The van der Waals surface area contributed by atoms with Crippen molar-refractivity contribution in [3.05, 3.63) is 152 Å². The molecule has 1 aliphatic rings. The summed E-state index contributed by atoms with van der Waals surface area (Å²) < 4.78 is 0. The second-order valence-electron chi connectivity index (χ2n) is 10.3. The van der Waals surface area contributed by atoms with Gasteiger partial charge >= 0.3 is 0 Å². The molecule has 0 fully saturated rings. The van der Waals surface area contributed by atoms with Gasteiger partial charge in [-0.3, -0.25) is 4.90 Å². The molecule has 0 saturated heterocycles. The lowest BCUT2D eigenvalue weighted by molar-refractivity contribution is 1.09. The van der Waals surface area contributed by atoms with Gasteiger partial charge in [-0.25, -0.2) is 9.97 Å². The van der Waals surface area contributed by atoms with Crippen LogP contribution in [0.5, 0.6) is 0 Å². The fourth-order valence-electron chi connectivity index (χ4n) is 5.87. The van der Waals surface area contributed by atoms with E-state index in [1.165, 1.54) is 21.9 Å². The van der Waals surface area contributed by atoms with Gasteiger partial charge in [0.25, 0.3) is 0 Å². The average Bonchev–Trinajstić information content (AvgIpc) is 3.17. The molecule has 3 heteroatoms. The Labute approximate surface area is 239 Å².